The molecule has 0 atom stereocenters. The van der Waals surface area contributed by atoms with Gasteiger partial charge in [-0.25, -0.2) is 0 Å². The van der Waals surface area contributed by atoms with E-state index in [4.69, 9.17) is 0 Å². The molecule has 0 aliphatic heterocycles. The van der Waals surface area contributed by atoms with Crippen LogP contribution in [0.2, 0.25) is 0 Å². The number of hydrogen-bond donors (Lipinski definition) is 1. The summed E-state index contributed by atoms with van der Waals surface area (Å²) in [5.41, 5.74) is 0.806. The van der Waals surface area contributed by atoms with Crippen LogP contribution in [-0.4, -0.2) is 17.7 Å². The van der Waals surface area contributed by atoms with Crippen LogP contribution in [0.4, 0.5) is 0 Å². The van der Waals surface area contributed by atoms with Crippen LogP contribution in [0.15, 0.2) is 0 Å². The van der Waals surface area contributed by atoms with Gasteiger partial charge in [0.25, 0.3) is 0 Å². The highest BCUT2D eigenvalue weighted by Crippen LogP contribution is 2.41. The van der Waals surface area contributed by atoms with E-state index in [0.717, 1.165) is 6.54 Å². The van der Waals surface area contributed by atoms with E-state index >= 15 is 0 Å². The molecule has 0 heterocycles. The molecule has 0 aromatic heterocycles. The van der Waals surface area contributed by atoms with Gasteiger partial charge in [0, 0.05) is 0 Å². The summed E-state index contributed by atoms with van der Waals surface area (Å²) in [4.78, 5) is 0.214. The van der Waals surface area contributed by atoms with E-state index in [1.165, 1.54) is 12.8 Å². The van der Waals surface area contributed by atoms with Gasteiger partial charge in [-0.15, -0.1) is 11.8 Å². The summed E-state index contributed by atoms with van der Waals surface area (Å²) in [6, 6.07) is 0. The molecule has 0 saturated heterocycles. The standard InChI is InChI=1S/C14H31NS/c1-12(2,3)13(4,5)10-9-11-15-14(6,7)16-8/h15H,9-11H2,1-8H3. The Kier molecular flexibility index (Phi) is 5.88. The van der Waals surface area contributed by atoms with Crippen LogP contribution in [0.3, 0.4) is 0 Å². The van der Waals surface area contributed by atoms with Gasteiger partial charge in [-0.1, -0.05) is 34.6 Å². The third kappa shape index (κ3) is 5.58. The SMILES string of the molecule is CSC(C)(C)NCCCC(C)(C)C(C)(C)C. The van der Waals surface area contributed by atoms with Crippen molar-refractivity contribution in [1.82, 2.24) is 5.32 Å². The Morgan fingerprint density at radius 1 is 0.938 bits per heavy atom. The van der Waals surface area contributed by atoms with Crippen LogP contribution in [0.25, 0.3) is 0 Å². The van der Waals surface area contributed by atoms with Gasteiger partial charge in [-0.05, 0) is 50.3 Å². The normalized spacial score (nSPS) is 14.2. The molecule has 2 heteroatoms. The van der Waals surface area contributed by atoms with Crippen molar-refractivity contribution in [2.45, 2.75) is 66.2 Å². The summed E-state index contributed by atoms with van der Waals surface area (Å²) < 4.78 is 0. The molecule has 0 fully saturated rings. The quantitative estimate of drug-likeness (QED) is 0.545. The predicted molar refractivity (Wildman–Crippen MR) is 78.1 cm³/mol. The molecule has 0 rings (SSSR count). The first-order valence-corrected chi connectivity index (χ1v) is 7.54. The summed E-state index contributed by atoms with van der Waals surface area (Å²) in [5, 5.41) is 3.60. The maximum Gasteiger partial charge on any atom is 0.0585 e. The average Bonchev–Trinajstić information content (AvgIpc) is 2.11. The zero-order valence-corrected chi connectivity index (χ0v) is 13.3. The molecule has 98 valence electrons. The van der Waals surface area contributed by atoms with Crippen LogP contribution >= 0.6 is 11.8 Å². The third-order valence-electron chi connectivity index (χ3n) is 4.07. The Morgan fingerprint density at radius 3 is 1.81 bits per heavy atom. The lowest BCUT2D eigenvalue weighted by atomic mass is 9.67. The molecule has 0 unspecified atom stereocenters. The van der Waals surface area contributed by atoms with E-state index in [-0.39, 0.29) is 4.87 Å². The summed E-state index contributed by atoms with van der Waals surface area (Å²) in [5.74, 6) is 0. The number of nitrogens with one attached hydrogen (secondary N) is 1. The van der Waals surface area contributed by atoms with Gasteiger partial charge in [-0.2, -0.15) is 0 Å². The lowest BCUT2D eigenvalue weighted by Gasteiger charge is -2.39. The van der Waals surface area contributed by atoms with E-state index in [2.05, 4.69) is 60.0 Å². The van der Waals surface area contributed by atoms with Gasteiger partial charge in [-0.3, -0.25) is 0 Å². The number of thioether (sulfide) groups is 1. The van der Waals surface area contributed by atoms with E-state index in [1.807, 2.05) is 11.8 Å². The van der Waals surface area contributed by atoms with Gasteiger partial charge in [0.05, 0.1) is 4.87 Å². The molecule has 0 amide bonds. The van der Waals surface area contributed by atoms with Crippen molar-refractivity contribution in [3.8, 4) is 0 Å². The molecule has 0 saturated carbocycles. The fourth-order valence-electron chi connectivity index (χ4n) is 1.37. The lowest BCUT2D eigenvalue weighted by molar-refractivity contribution is 0.116. The van der Waals surface area contributed by atoms with E-state index < -0.39 is 0 Å². The highest BCUT2D eigenvalue weighted by molar-refractivity contribution is 7.99. The van der Waals surface area contributed by atoms with Crippen molar-refractivity contribution >= 4 is 11.8 Å². The summed E-state index contributed by atoms with van der Waals surface area (Å²) >= 11 is 1.88. The topological polar surface area (TPSA) is 12.0 Å². The van der Waals surface area contributed by atoms with Crippen molar-refractivity contribution in [3.05, 3.63) is 0 Å². The van der Waals surface area contributed by atoms with Crippen molar-refractivity contribution in [2.24, 2.45) is 10.8 Å². The Labute approximate surface area is 107 Å². The van der Waals surface area contributed by atoms with Gasteiger partial charge < -0.3 is 5.32 Å². The van der Waals surface area contributed by atoms with Crippen LogP contribution in [0, 0.1) is 10.8 Å². The summed E-state index contributed by atoms with van der Waals surface area (Å²) in [6.07, 6.45) is 4.70. The van der Waals surface area contributed by atoms with Crippen molar-refractivity contribution in [2.75, 3.05) is 12.8 Å². The largest absolute Gasteiger partial charge is 0.303 e. The van der Waals surface area contributed by atoms with Crippen LogP contribution in [-0.2, 0) is 0 Å². The molecule has 0 aliphatic rings. The van der Waals surface area contributed by atoms with E-state index in [0.29, 0.717) is 10.8 Å². The fourth-order valence-corrected chi connectivity index (χ4v) is 1.61. The molecule has 0 bridgehead atoms. The van der Waals surface area contributed by atoms with Crippen LogP contribution in [0.5, 0.6) is 0 Å². The lowest BCUT2D eigenvalue weighted by Crippen LogP contribution is -2.37. The van der Waals surface area contributed by atoms with Crippen molar-refractivity contribution in [3.63, 3.8) is 0 Å². The zero-order chi connectivity index (χ0) is 13.0. The Hall–Kier alpha value is 0.310. The second-order valence-electron chi connectivity index (χ2n) is 6.88. The van der Waals surface area contributed by atoms with E-state index in [1.54, 1.807) is 0 Å². The Balaban J connectivity index is 3.92. The minimum atomic E-state index is 0.214. The Bertz CT molecular complexity index is 201. The van der Waals surface area contributed by atoms with Gasteiger partial charge in [0.2, 0.25) is 0 Å². The van der Waals surface area contributed by atoms with E-state index in [9.17, 15) is 0 Å². The highest BCUT2D eigenvalue weighted by Gasteiger charge is 2.31. The number of rotatable bonds is 6. The molecule has 0 aromatic rings. The van der Waals surface area contributed by atoms with Crippen molar-refractivity contribution in [1.29, 1.82) is 0 Å². The van der Waals surface area contributed by atoms with Gasteiger partial charge in [0.15, 0.2) is 0 Å². The fraction of sp³-hybridized carbons (Fsp3) is 1.00. The highest BCUT2D eigenvalue weighted by atomic mass is 32.2. The van der Waals surface area contributed by atoms with Gasteiger partial charge >= 0.3 is 0 Å². The van der Waals surface area contributed by atoms with Crippen LogP contribution in [0.1, 0.15) is 61.3 Å². The molecular weight excluding hydrogens is 214 g/mol. The first-order chi connectivity index (χ1) is 7.02. The molecule has 0 aromatic carbocycles. The first kappa shape index (κ1) is 16.3. The average molecular weight is 245 g/mol. The molecule has 16 heavy (non-hydrogen) atoms. The maximum absolute atomic E-state index is 3.60. The molecule has 1 N–H and O–H groups in total. The molecule has 0 radical (unpaired) electrons. The second-order valence-corrected chi connectivity index (χ2v) is 8.31. The summed E-state index contributed by atoms with van der Waals surface area (Å²) in [7, 11) is 0. The minimum absolute atomic E-state index is 0.214. The molecule has 0 spiro atoms. The monoisotopic (exact) mass is 245 g/mol. The van der Waals surface area contributed by atoms with Crippen LogP contribution < -0.4 is 5.32 Å². The molecule has 0 aliphatic carbocycles. The Morgan fingerprint density at radius 2 is 1.44 bits per heavy atom. The first-order valence-electron chi connectivity index (χ1n) is 6.32. The smallest absolute Gasteiger partial charge is 0.0585 e. The molecule has 1 nitrogen and oxygen atoms in total. The zero-order valence-electron chi connectivity index (χ0n) is 12.5. The minimum Gasteiger partial charge on any atom is -0.303 e. The summed E-state index contributed by atoms with van der Waals surface area (Å²) in [6.45, 7) is 17.4. The third-order valence-corrected chi connectivity index (χ3v) is 5.23. The molecular formula is C14H31NS. The predicted octanol–water partition coefficient (Wildman–Crippen LogP) is 4.53. The maximum atomic E-state index is 3.60. The number of hydrogen-bond acceptors (Lipinski definition) is 2. The second kappa shape index (κ2) is 5.77. The van der Waals surface area contributed by atoms with Crippen molar-refractivity contribution < 1.29 is 0 Å². The van der Waals surface area contributed by atoms with Gasteiger partial charge in [0.1, 0.15) is 0 Å².